The Hall–Kier alpha value is -1.50. The van der Waals surface area contributed by atoms with Crippen molar-refractivity contribution in [1.82, 2.24) is 4.90 Å². The van der Waals surface area contributed by atoms with Crippen LogP contribution in [0.25, 0.3) is 0 Å². The maximum atomic E-state index is 5.43. The van der Waals surface area contributed by atoms with Gasteiger partial charge in [0.25, 0.3) is 0 Å². The Bertz CT molecular complexity index is 487. The number of benzene rings is 1. The Kier molecular flexibility index (Phi) is 4.84. The molecule has 1 aromatic rings. The zero-order chi connectivity index (χ0) is 13.7. The number of ether oxygens (including phenoxy) is 1. The molecule has 2 rings (SSSR count). The van der Waals surface area contributed by atoms with Gasteiger partial charge in [-0.05, 0) is 44.0 Å². The molecule has 0 amide bonds. The highest BCUT2D eigenvalue weighted by atomic mass is 16.5. The third-order valence-corrected chi connectivity index (χ3v) is 3.67. The molecular weight excluding hydrogens is 236 g/mol. The van der Waals surface area contributed by atoms with Gasteiger partial charge in [-0.25, -0.2) is 0 Å². The van der Waals surface area contributed by atoms with Gasteiger partial charge in [-0.15, -0.1) is 0 Å². The predicted molar refractivity (Wildman–Crippen MR) is 78.0 cm³/mol. The van der Waals surface area contributed by atoms with Crippen LogP contribution < -0.4 is 10.5 Å². The summed E-state index contributed by atoms with van der Waals surface area (Å²) in [6.45, 7) is 4.85. The van der Waals surface area contributed by atoms with Crippen molar-refractivity contribution in [2.75, 3.05) is 20.2 Å². The molecule has 0 radical (unpaired) electrons. The van der Waals surface area contributed by atoms with E-state index in [0.29, 0.717) is 12.6 Å². The summed E-state index contributed by atoms with van der Waals surface area (Å²) in [4.78, 5) is 2.52. The van der Waals surface area contributed by atoms with E-state index in [1.165, 1.54) is 24.9 Å². The highest BCUT2D eigenvalue weighted by molar-refractivity contribution is 5.48. The summed E-state index contributed by atoms with van der Waals surface area (Å²) in [7, 11) is 1.67. The zero-order valence-corrected chi connectivity index (χ0v) is 11.8. The molecule has 19 heavy (non-hydrogen) atoms. The molecule has 0 spiro atoms. The molecule has 1 heterocycles. The van der Waals surface area contributed by atoms with Gasteiger partial charge in [-0.1, -0.05) is 17.9 Å². The van der Waals surface area contributed by atoms with Crippen LogP contribution in [0.3, 0.4) is 0 Å². The maximum Gasteiger partial charge on any atom is 0.134 e. The first kappa shape index (κ1) is 13.9. The van der Waals surface area contributed by atoms with E-state index in [-0.39, 0.29) is 0 Å². The number of hydrogen-bond acceptors (Lipinski definition) is 3. The summed E-state index contributed by atoms with van der Waals surface area (Å²) in [5.74, 6) is 6.79. The van der Waals surface area contributed by atoms with Crippen LogP contribution in [0.2, 0.25) is 0 Å². The Balaban J connectivity index is 2.17. The first-order valence-corrected chi connectivity index (χ1v) is 6.84. The van der Waals surface area contributed by atoms with Crippen LogP contribution in [0.15, 0.2) is 18.2 Å². The number of hydrogen-bond donors (Lipinski definition) is 1. The number of rotatable bonds is 3. The summed E-state index contributed by atoms with van der Waals surface area (Å²) in [6, 6.07) is 6.92. The van der Waals surface area contributed by atoms with E-state index in [9.17, 15) is 0 Å². The third-order valence-electron chi connectivity index (χ3n) is 3.67. The molecule has 0 saturated carbocycles. The fraction of sp³-hybridized carbons (Fsp3) is 0.500. The first-order valence-electron chi connectivity index (χ1n) is 6.84. The Morgan fingerprint density at radius 2 is 2.32 bits per heavy atom. The quantitative estimate of drug-likeness (QED) is 0.843. The molecule has 0 aromatic heterocycles. The molecule has 1 atom stereocenters. The van der Waals surface area contributed by atoms with E-state index in [4.69, 9.17) is 10.5 Å². The summed E-state index contributed by atoms with van der Waals surface area (Å²) in [6.07, 6.45) is 2.60. The molecule has 3 heteroatoms. The molecule has 1 saturated heterocycles. The maximum absolute atomic E-state index is 5.43. The van der Waals surface area contributed by atoms with Gasteiger partial charge in [0.15, 0.2) is 0 Å². The third kappa shape index (κ3) is 3.50. The Morgan fingerprint density at radius 1 is 1.47 bits per heavy atom. The number of nitrogens with zero attached hydrogens (tertiary/aromatic N) is 1. The van der Waals surface area contributed by atoms with Crippen molar-refractivity contribution in [2.45, 2.75) is 32.4 Å². The van der Waals surface area contributed by atoms with E-state index in [0.717, 1.165) is 17.9 Å². The van der Waals surface area contributed by atoms with Crippen molar-refractivity contribution in [2.24, 2.45) is 5.73 Å². The summed E-state index contributed by atoms with van der Waals surface area (Å²) in [5, 5.41) is 0. The highest BCUT2D eigenvalue weighted by Crippen LogP contribution is 2.23. The normalized spacial score (nSPS) is 19.0. The lowest BCUT2D eigenvalue weighted by molar-refractivity contribution is 0.260. The summed E-state index contributed by atoms with van der Waals surface area (Å²) >= 11 is 0. The molecule has 3 nitrogen and oxygen atoms in total. The first-order chi connectivity index (χ1) is 9.24. The van der Waals surface area contributed by atoms with Gasteiger partial charge in [0, 0.05) is 12.6 Å². The van der Waals surface area contributed by atoms with Gasteiger partial charge in [0.1, 0.15) is 5.75 Å². The summed E-state index contributed by atoms with van der Waals surface area (Å²) in [5.41, 5.74) is 7.65. The SMILES string of the molecule is COc1ccc(CN2CCCC2C)cc1C#CCN. The molecular formula is C16H22N2O. The summed E-state index contributed by atoms with van der Waals surface area (Å²) < 4.78 is 5.33. The molecule has 1 fully saturated rings. The highest BCUT2D eigenvalue weighted by Gasteiger charge is 2.20. The minimum Gasteiger partial charge on any atom is -0.495 e. The van der Waals surface area contributed by atoms with Gasteiger partial charge in [-0.3, -0.25) is 4.90 Å². The van der Waals surface area contributed by atoms with Crippen molar-refractivity contribution in [3.8, 4) is 17.6 Å². The van der Waals surface area contributed by atoms with E-state index < -0.39 is 0 Å². The molecule has 1 unspecified atom stereocenters. The molecule has 1 aromatic carbocycles. The van der Waals surface area contributed by atoms with Gasteiger partial charge in [0.2, 0.25) is 0 Å². The fourth-order valence-electron chi connectivity index (χ4n) is 2.56. The van der Waals surface area contributed by atoms with E-state index in [2.05, 4.69) is 35.8 Å². The van der Waals surface area contributed by atoms with Crippen molar-refractivity contribution in [3.05, 3.63) is 29.3 Å². The van der Waals surface area contributed by atoms with Crippen LogP contribution in [0.1, 0.15) is 30.9 Å². The lowest BCUT2D eigenvalue weighted by atomic mass is 10.1. The molecule has 0 bridgehead atoms. The monoisotopic (exact) mass is 258 g/mol. The number of likely N-dealkylation sites (tertiary alicyclic amines) is 1. The van der Waals surface area contributed by atoms with Crippen molar-refractivity contribution in [1.29, 1.82) is 0 Å². The van der Waals surface area contributed by atoms with Gasteiger partial charge in [-0.2, -0.15) is 0 Å². The zero-order valence-electron chi connectivity index (χ0n) is 11.8. The Labute approximate surface area is 115 Å². The van der Waals surface area contributed by atoms with E-state index in [1.54, 1.807) is 7.11 Å². The Morgan fingerprint density at radius 3 is 2.95 bits per heavy atom. The van der Waals surface area contributed by atoms with Crippen molar-refractivity contribution < 1.29 is 4.74 Å². The van der Waals surface area contributed by atoms with E-state index in [1.807, 2.05) is 6.07 Å². The number of nitrogens with two attached hydrogens (primary N) is 1. The fourth-order valence-corrected chi connectivity index (χ4v) is 2.56. The average Bonchev–Trinajstić information content (AvgIpc) is 2.82. The van der Waals surface area contributed by atoms with Crippen LogP contribution in [-0.2, 0) is 6.54 Å². The smallest absolute Gasteiger partial charge is 0.134 e. The topological polar surface area (TPSA) is 38.5 Å². The molecule has 2 N–H and O–H groups in total. The largest absolute Gasteiger partial charge is 0.495 e. The minimum atomic E-state index is 0.372. The lowest BCUT2D eigenvalue weighted by Gasteiger charge is -2.21. The molecule has 1 aliphatic rings. The predicted octanol–water partition coefficient (Wildman–Crippen LogP) is 1.99. The van der Waals surface area contributed by atoms with Gasteiger partial charge in [0.05, 0.1) is 19.2 Å². The van der Waals surface area contributed by atoms with Crippen LogP contribution >= 0.6 is 0 Å². The van der Waals surface area contributed by atoms with Crippen LogP contribution in [0.4, 0.5) is 0 Å². The standard InChI is InChI=1S/C16H22N2O/c1-13-5-4-10-18(13)12-14-7-8-16(19-2)15(11-14)6-3-9-17/h7-8,11,13H,4-5,9-10,12,17H2,1-2H3. The second-order valence-electron chi connectivity index (χ2n) is 5.00. The number of methoxy groups -OCH3 is 1. The minimum absolute atomic E-state index is 0.372. The van der Waals surface area contributed by atoms with Crippen LogP contribution in [0.5, 0.6) is 5.75 Å². The van der Waals surface area contributed by atoms with Crippen LogP contribution in [0, 0.1) is 11.8 Å². The molecule has 102 valence electrons. The molecule has 0 aliphatic carbocycles. The van der Waals surface area contributed by atoms with Crippen molar-refractivity contribution >= 4 is 0 Å². The molecule has 1 aliphatic heterocycles. The average molecular weight is 258 g/mol. The van der Waals surface area contributed by atoms with Crippen molar-refractivity contribution in [3.63, 3.8) is 0 Å². The second kappa shape index (κ2) is 6.60. The lowest BCUT2D eigenvalue weighted by Crippen LogP contribution is -2.26. The second-order valence-corrected chi connectivity index (χ2v) is 5.00. The van der Waals surface area contributed by atoms with Gasteiger partial charge < -0.3 is 10.5 Å². The van der Waals surface area contributed by atoms with E-state index >= 15 is 0 Å². The van der Waals surface area contributed by atoms with Crippen LogP contribution in [-0.4, -0.2) is 31.1 Å². The van der Waals surface area contributed by atoms with Gasteiger partial charge >= 0.3 is 0 Å².